The van der Waals surface area contributed by atoms with Gasteiger partial charge in [0.2, 0.25) is 11.1 Å². The number of carbonyl (C=O) groups excluding carboxylic acids is 1. The summed E-state index contributed by atoms with van der Waals surface area (Å²) < 4.78 is 0. The zero-order chi connectivity index (χ0) is 20.1. The van der Waals surface area contributed by atoms with Gasteiger partial charge in [0, 0.05) is 35.1 Å². The zero-order valence-electron chi connectivity index (χ0n) is 15.9. The Hall–Kier alpha value is -2.51. The highest BCUT2D eigenvalue weighted by atomic mass is 35.5. The van der Waals surface area contributed by atoms with Crippen LogP contribution < -0.4 is 10.2 Å². The van der Waals surface area contributed by atoms with Gasteiger partial charge in [0.1, 0.15) is 0 Å². The monoisotopic (exact) mass is 427 g/mol. The minimum atomic E-state index is -0.0847. The van der Waals surface area contributed by atoms with E-state index in [2.05, 4.69) is 37.5 Å². The molecule has 1 fully saturated rings. The first-order valence-corrected chi connectivity index (χ1v) is 11.0. The fourth-order valence-corrected chi connectivity index (χ4v) is 4.01. The van der Waals surface area contributed by atoms with Gasteiger partial charge in [0.05, 0.1) is 5.75 Å². The summed E-state index contributed by atoms with van der Waals surface area (Å²) in [6.07, 6.45) is 3.81. The summed E-state index contributed by atoms with van der Waals surface area (Å²) in [6, 6.07) is 15.4. The lowest BCUT2D eigenvalue weighted by atomic mass is 10.1. The third kappa shape index (κ3) is 5.31. The van der Waals surface area contributed by atoms with Crippen molar-refractivity contribution in [2.45, 2.75) is 24.4 Å². The van der Waals surface area contributed by atoms with E-state index in [1.165, 1.54) is 36.7 Å². The number of benzene rings is 2. The Bertz CT molecular complexity index is 952. The molecule has 29 heavy (non-hydrogen) atoms. The molecule has 0 aliphatic carbocycles. The quantitative estimate of drug-likeness (QED) is 0.550. The SMILES string of the molecule is O=C(CSc1n[nH]c(-c2ccc(Cl)cc2)n1)Nc1ccc(N2CCCCC2)cc1. The van der Waals surface area contributed by atoms with Crippen molar-refractivity contribution in [2.75, 3.05) is 29.1 Å². The van der Waals surface area contributed by atoms with E-state index in [4.69, 9.17) is 11.6 Å². The molecule has 6 nitrogen and oxygen atoms in total. The number of carbonyl (C=O) groups is 1. The van der Waals surface area contributed by atoms with Gasteiger partial charge in [-0.3, -0.25) is 9.89 Å². The Balaban J connectivity index is 1.28. The van der Waals surface area contributed by atoms with Crippen LogP contribution in [0.15, 0.2) is 53.7 Å². The lowest BCUT2D eigenvalue weighted by molar-refractivity contribution is -0.113. The van der Waals surface area contributed by atoms with Crippen LogP contribution in [0, 0.1) is 0 Å². The van der Waals surface area contributed by atoms with Crippen LogP contribution in [-0.4, -0.2) is 39.9 Å². The standard InChI is InChI=1S/C21H22ClN5OS/c22-16-6-4-15(5-7-16)20-24-21(26-25-20)29-14-19(28)23-17-8-10-18(11-9-17)27-12-2-1-3-13-27/h4-11H,1-3,12-14H2,(H,23,28)(H,24,25,26). The molecule has 2 N–H and O–H groups in total. The first kappa shape index (κ1) is 19.8. The van der Waals surface area contributed by atoms with E-state index in [9.17, 15) is 4.79 Å². The second kappa shape index (κ2) is 9.33. The molecule has 2 aromatic carbocycles. The average Bonchev–Trinajstić information content (AvgIpc) is 3.23. The smallest absolute Gasteiger partial charge is 0.234 e. The third-order valence-corrected chi connectivity index (χ3v) is 5.89. The minimum Gasteiger partial charge on any atom is -0.372 e. The van der Waals surface area contributed by atoms with Gasteiger partial charge in [-0.05, 0) is 67.8 Å². The number of aromatic nitrogens is 3. The van der Waals surface area contributed by atoms with E-state index < -0.39 is 0 Å². The summed E-state index contributed by atoms with van der Waals surface area (Å²) in [5.74, 6) is 0.808. The number of hydrogen-bond donors (Lipinski definition) is 2. The van der Waals surface area contributed by atoms with Crippen LogP contribution in [0.1, 0.15) is 19.3 Å². The van der Waals surface area contributed by atoms with E-state index in [0.717, 1.165) is 24.3 Å². The van der Waals surface area contributed by atoms with Gasteiger partial charge in [0.25, 0.3) is 0 Å². The second-order valence-corrected chi connectivity index (χ2v) is 8.28. The molecular weight excluding hydrogens is 406 g/mol. The molecule has 1 amide bonds. The van der Waals surface area contributed by atoms with Crippen molar-refractivity contribution >= 4 is 40.6 Å². The van der Waals surface area contributed by atoms with Gasteiger partial charge in [-0.25, -0.2) is 4.98 Å². The lowest BCUT2D eigenvalue weighted by Crippen LogP contribution is -2.29. The predicted octanol–water partition coefficient (Wildman–Crippen LogP) is 4.85. The maximum Gasteiger partial charge on any atom is 0.234 e. The molecule has 0 spiro atoms. The number of aromatic amines is 1. The number of nitrogens with one attached hydrogen (secondary N) is 2. The predicted molar refractivity (Wildman–Crippen MR) is 119 cm³/mol. The normalized spacial score (nSPS) is 14.0. The van der Waals surface area contributed by atoms with Gasteiger partial charge < -0.3 is 10.2 Å². The van der Waals surface area contributed by atoms with Gasteiger partial charge in [-0.1, -0.05) is 23.4 Å². The molecule has 0 radical (unpaired) electrons. The van der Waals surface area contributed by atoms with Gasteiger partial charge in [0.15, 0.2) is 5.82 Å². The van der Waals surface area contributed by atoms with Crippen molar-refractivity contribution in [1.29, 1.82) is 0 Å². The zero-order valence-corrected chi connectivity index (χ0v) is 17.5. The molecule has 1 aliphatic heterocycles. The summed E-state index contributed by atoms with van der Waals surface area (Å²) in [5.41, 5.74) is 2.91. The third-order valence-electron chi connectivity index (χ3n) is 4.79. The van der Waals surface area contributed by atoms with Crippen LogP contribution in [0.2, 0.25) is 5.02 Å². The summed E-state index contributed by atoms with van der Waals surface area (Å²) in [6.45, 7) is 2.22. The molecule has 150 valence electrons. The summed E-state index contributed by atoms with van der Waals surface area (Å²) in [7, 11) is 0. The molecule has 3 aromatic rings. The molecule has 1 saturated heterocycles. The first-order valence-electron chi connectivity index (χ1n) is 9.63. The largest absolute Gasteiger partial charge is 0.372 e. The summed E-state index contributed by atoms with van der Waals surface area (Å²) >= 11 is 7.20. The Morgan fingerprint density at radius 3 is 2.52 bits per heavy atom. The number of H-pyrrole nitrogens is 1. The molecule has 0 unspecified atom stereocenters. The second-order valence-electron chi connectivity index (χ2n) is 6.90. The van der Waals surface area contributed by atoms with E-state index in [-0.39, 0.29) is 11.7 Å². The maximum absolute atomic E-state index is 12.3. The van der Waals surface area contributed by atoms with E-state index in [0.29, 0.717) is 16.0 Å². The molecule has 2 heterocycles. The highest BCUT2D eigenvalue weighted by Crippen LogP contribution is 2.23. The van der Waals surface area contributed by atoms with Crippen LogP contribution in [0.25, 0.3) is 11.4 Å². The molecule has 8 heteroatoms. The van der Waals surface area contributed by atoms with Crippen LogP contribution in [-0.2, 0) is 4.79 Å². The fraction of sp³-hybridized carbons (Fsp3) is 0.286. The number of nitrogens with zero attached hydrogens (tertiary/aromatic N) is 3. The van der Waals surface area contributed by atoms with Crippen LogP contribution in [0.5, 0.6) is 0 Å². The summed E-state index contributed by atoms with van der Waals surface area (Å²) in [4.78, 5) is 19.1. The lowest BCUT2D eigenvalue weighted by Gasteiger charge is -2.28. The van der Waals surface area contributed by atoms with E-state index in [1.54, 1.807) is 12.1 Å². The van der Waals surface area contributed by atoms with Gasteiger partial charge >= 0.3 is 0 Å². The van der Waals surface area contributed by atoms with Crippen molar-refractivity contribution in [2.24, 2.45) is 0 Å². The fourth-order valence-electron chi connectivity index (χ4n) is 3.28. The number of anilines is 2. The topological polar surface area (TPSA) is 73.9 Å². The van der Waals surface area contributed by atoms with Crippen LogP contribution >= 0.6 is 23.4 Å². The molecule has 0 atom stereocenters. The van der Waals surface area contributed by atoms with Crippen LogP contribution in [0.4, 0.5) is 11.4 Å². The number of piperidine rings is 1. The van der Waals surface area contributed by atoms with Crippen molar-refractivity contribution in [3.05, 3.63) is 53.6 Å². The van der Waals surface area contributed by atoms with Gasteiger partial charge in [-0.2, -0.15) is 0 Å². The number of rotatable bonds is 6. The Morgan fingerprint density at radius 2 is 1.79 bits per heavy atom. The molecule has 1 aliphatic rings. The highest BCUT2D eigenvalue weighted by molar-refractivity contribution is 7.99. The van der Waals surface area contributed by atoms with E-state index >= 15 is 0 Å². The molecule has 0 bridgehead atoms. The number of thioether (sulfide) groups is 1. The Labute approximate surface area is 179 Å². The molecule has 1 aromatic heterocycles. The van der Waals surface area contributed by atoms with Crippen molar-refractivity contribution in [3.63, 3.8) is 0 Å². The van der Waals surface area contributed by atoms with Crippen molar-refractivity contribution < 1.29 is 4.79 Å². The summed E-state index contributed by atoms with van der Waals surface area (Å²) in [5, 5.41) is 11.2. The number of hydrogen-bond acceptors (Lipinski definition) is 5. The van der Waals surface area contributed by atoms with Crippen molar-refractivity contribution in [3.8, 4) is 11.4 Å². The molecule has 4 rings (SSSR count). The highest BCUT2D eigenvalue weighted by Gasteiger charge is 2.12. The van der Waals surface area contributed by atoms with Crippen molar-refractivity contribution in [1.82, 2.24) is 15.2 Å². The maximum atomic E-state index is 12.3. The minimum absolute atomic E-state index is 0.0847. The number of amides is 1. The van der Waals surface area contributed by atoms with Gasteiger partial charge in [-0.15, -0.1) is 5.10 Å². The average molecular weight is 428 g/mol. The van der Waals surface area contributed by atoms with Crippen LogP contribution in [0.3, 0.4) is 0 Å². The first-order chi connectivity index (χ1) is 14.2. The molecule has 0 saturated carbocycles. The van der Waals surface area contributed by atoms with E-state index in [1.807, 2.05) is 24.3 Å². The Kier molecular flexibility index (Phi) is 6.36. The molecular formula is C21H22ClN5OS. The number of halogens is 1. The Morgan fingerprint density at radius 1 is 1.07 bits per heavy atom.